The molecular weight excluding hydrogens is 512 g/mol. The number of hydrogen-bond donors (Lipinski definition) is 2. The zero-order valence-corrected chi connectivity index (χ0v) is 21.7. The van der Waals surface area contributed by atoms with Crippen LogP contribution in [0.2, 0.25) is 0 Å². The molecule has 0 unspecified atom stereocenters. The van der Waals surface area contributed by atoms with E-state index in [0.717, 1.165) is 5.56 Å². The molecule has 6 rings (SSSR count). The van der Waals surface area contributed by atoms with E-state index in [1.54, 1.807) is 41.2 Å². The van der Waals surface area contributed by atoms with Gasteiger partial charge in [0.15, 0.2) is 11.5 Å². The molecule has 1 saturated carbocycles. The number of nitrogens with zero attached hydrogens (tertiary/aromatic N) is 6. The summed E-state index contributed by atoms with van der Waals surface area (Å²) in [6.07, 6.45) is 5.63. The van der Waals surface area contributed by atoms with Crippen LogP contribution in [0.4, 0.5) is 17.6 Å². The van der Waals surface area contributed by atoms with E-state index in [1.165, 1.54) is 23.0 Å². The van der Waals surface area contributed by atoms with Crippen LogP contribution >= 0.6 is 13.5 Å². The first-order chi connectivity index (χ1) is 16.9. The van der Waals surface area contributed by atoms with E-state index < -0.39 is 10.0 Å². The number of benzene rings is 1. The van der Waals surface area contributed by atoms with Crippen LogP contribution in [0, 0.1) is 12.8 Å². The standard InChI is InChI=1S/C23H26N8O3S.CH4.H2S/c1-14-3-7-18(8-4-14)35(32,33)31-10-9-19-21(24-15(2)16-5-6-16)26-23(27-22(19)31)25-20-11-30(29-28-20)17-12-34-13-17;;/h3-4,7-11,15-17H,5-6,12-13H2,1-2H3,(H2,24,25,26,27);1H4;1H2/t15-;;/m0../s1. The lowest BCUT2D eigenvalue weighted by Gasteiger charge is -2.25. The Morgan fingerprint density at radius 3 is 2.49 bits per heavy atom. The van der Waals surface area contributed by atoms with E-state index in [2.05, 4.69) is 37.8 Å². The van der Waals surface area contributed by atoms with Crippen LogP contribution in [-0.2, 0) is 14.8 Å². The molecule has 0 spiro atoms. The van der Waals surface area contributed by atoms with Crippen LogP contribution in [-0.4, -0.2) is 56.6 Å². The van der Waals surface area contributed by atoms with Gasteiger partial charge in [-0.25, -0.2) is 17.1 Å². The molecule has 0 bridgehead atoms. The predicted molar refractivity (Wildman–Crippen MR) is 147 cm³/mol. The van der Waals surface area contributed by atoms with Crippen molar-refractivity contribution < 1.29 is 13.2 Å². The first-order valence-electron chi connectivity index (χ1n) is 11.6. The van der Waals surface area contributed by atoms with Crippen molar-refractivity contribution in [1.82, 2.24) is 28.9 Å². The number of fused-ring (bicyclic) bond motifs is 1. The Hall–Kier alpha value is -3.16. The lowest BCUT2D eigenvalue weighted by molar-refractivity contribution is -0.0293. The minimum atomic E-state index is -3.86. The minimum Gasteiger partial charge on any atom is -0.377 e. The van der Waals surface area contributed by atoms with E-state index in [0.29, 0.717) is 36.2 Å². The summed E-state index contributed by atoms with van der Waals surface area (Å²) in [4.78, 5) is 9.44. The molecule has 0 radical (unpaired) electrons. The number of ether oxygens (including phenoxy) is 1. The molecule has 1 aliphatic carbocycles. The number of nitrogens with one attached hydrogen (secondary N) is 2. The molecule has 1 saturated heterocycles. The second-order valence-corrected chi connectivity index (χ2v) is 11.0. The zero-order chi connectivity index (χ0) is 24.2. The van der Waals surface area contributed by atoms with E-state index >= 15 is 0 Å². The molecule has 3 aromatic heterocycles. The minimum absolute atomic E-state index is 0. The van der Waals surface area contributed by atoms with Crippen molar-refractivity contribution in [2.24, 2.45) is 5.92 Å². The first-order valence-corrected chi connectivity index (χ1v) is 13.1. The van der Waals surface area contributed by atoms with Crippen molar-refractivity contribution in [3.63, 3.8) is 0 Å². The smallest absolute Gasteiger partial charge is 0.269 e. The number of rotatable bonds is 8. The molecule has 2 fully saturated rings. The van der Waals surface area contributed by atoms with Gasteiger partial charge < -0.3 is 15.4 Å². The highest BCUT2D eigenvalue weighted by molar-refractivity contribution is 7.90. The second-order valence-electron chi connectivity index (χ2n) is 9.23. The van der Waals surface area contributed by atoms with Crippen molar-refractivity contribution in [1.29, 1.82) is 0 Å². The van der Waals surface area contributed by atoms with Crippen molar-refractivity contribution in [2.45, 2.75) is 51.1 Å². The van der Waals surface area contributed by atoms with E-state index in [4.69, 9.17) is 4.74 Å². The normalized spacial score (nSPS) is 16.4. The number of aryl methyl sites for hydroxylation is 1. The molecule has 4 heterocycles. The van der Waals surface area contributed by atoms with Gasteiger partial charge in [0.2, 0.25) is 5.95 Å². The monoisotopic (exact) mass is 544 g/mol. The molecular formula is C24H32N8O3S2. The van der Waals surface area contributed by atoms with Crippen LogP contribution in [0.25, 0.3) is 11.0 Å². The summed E-state index contributed by atoms with van der Waals surface area (Å²) in [5.41, 5.74) is 1.27. The summed E-state index contributed by atoms with van der Waals surface area (Å²) in [6.45, 7) is 5.23. The van der Waals surface area contributed by atoms with Gasteiger partial charge in [-0.05, 0) is 50.8 Å². The van der Waals surface area contributed by atoms with Gasteiger partial charge in [0.25, 0.3) is 10.0 Å². The second kappa shape index (κ2) is 10.3. The van der Waals surface area contributed by atoms with E-state index in [-0.39, 0.29) is 49.5 Å². The highest BCUT2D eigenvalue weighted by atomic mass is 32.2. The lowest BCUT2D eigenvalue weighted by atomic mass is 10.2. The van der Waals surface area contributed by atoms with E-state index in [9.17, 15) is 8.42 Å². The molecule has 1 atom stereocenters. The third kappa shape index (κ3) is 5.15. The predicted octanol–water partition coefficient (Wildman–Crippen LogP) is 3.84. The fourth-order valence-corrected chi connectivity index (χ4v) is 5.40. The number of aromatic nitrogens is 6. The maximum atomic E-state index is 13.5. The van der Waals surface area contributed by atoms with Crippen LogP contribution < -0.4 is 10.6 Å². The van der Waals surface area contributed by atoms with Gasteiger partial charge in [0.1, 0.15) is 11.9 Å². The van der Waals surface area contributed by atoms with Gasteiger partial charge in [-0.1, -0.05) is 30.3 Å². The van der Waals surface area contributed by atoms with Gasteiger partial charge in [-0.2, -0.15) is 23.5 Å². The maximum Gasteiger partial charge on any atom is 0.269 e. The third-order valence-corrected chi connectivity index (χ3v) is 8.21. The van der Waals surface area contributed by atoms with Crippen LogP contribution in [0.5, 0.6) is 0 Å². The van der Waals surface area contributed by atoms with Crippen molar-refractivity contribution in [3.05, 3.63) is 48.3 Å². The maximum absolute atomic E-state index is 13.5. The summed E-state index contributed by atoms with van der Waals surface area (Å²) in [5.74, 6) is 1.87. The molecule has 1 aromatic carbocycles. The Bertz CT molecular complexity index is 1490. The number of anilines is 3. The Balaban J connectivity index is 0.00000160. The van der Waals surface area contributed by atoms with Crippen LogP contribution in [0.3, 0.4) is 0 Å². The average molecular weight is 545 g/mol. The summed E-state index contributed by atoms with van der Waals surface area (Å²) >= 11 is 0. The van der Waals surface area contributed by atoms with Gasteiger partial charge >= 0.3 is 0 Å². The largest absolute Gasteiger partial charge is 0.377 e. The Kier molecular flexibility index (Phi) is 7.49. The van der Waals surface area contributed by atoms with E-state index in [1.807, 2.05) is 6.92 Å². The molecule has 2 N–H and O–H groups in total. The van der Waals surface area contributed by atoms with Crippen LogP contribution in [0.15, 0.2) is 47.6 Å². The van der Waals surface area contributed by atoms with Crippen molar-refractivity contribution >= 4 is 52.1 Å². The SMILES string of the molecule is C.Cc1ccc(S(=O)(=O)n2ccc3c(N[C@@H](C)C4CC4)nc(Nc4cn(C5COC5)nn4)nc32)cc1.S. The van der Waals surface area contributed by atoms with Gasteiger partial charge in [0.05, 0.1) is 29.7 Å². The van der Waals surface area contributed by atoms with Gasteiger partial charge in [-0.15, -0.1) is 5.10 Å². The summed E-state index contributed by atoms with van der Waals surface area (Å²) in [6, 6.07) is 8.87. The quantitative estimate of drug-likeness (QED) is 0.340. The van der Waals surface area contributed by atoms with Crippen LogP contribution in [0.1, 0.15) is 38.8 Å². The average Bonchev–Trinajstić information content (AvgIpc) is 3.41. The third-order valence-electron chi connectivity index (χ3n) is 6.53. The first kappa shape index (κ1) is 26.9. The Morgan fingerprint density at radius 1 is 1.11 bits per heavy atom. The molecule has 4 aromatic rings. The summed E-state index contributed by atoms with van der Waals surface area (Å²) in [7, 11) is -3.86. The molecule has 2 aliphatic rings. The van der Waals surface area contributed by atoms with Crippen molar-refractivity contribution in [3.8, 4) is 0 Å². The van der Waals surface area contributed by atoms with Gasteiger partial charge in [0, 0.05) is 12.2 Å². The molecule has 13 heteroatoms. The highest BCUT2D eigenvalue weighted by Crippen LogP contribution is 2.35. The molecule has 11 nitrogen and oxygen atoms in total. The fourth-order valence-electron chi connectivity index (χ4n) is 4.11. The molecule has 198 valence electrons. The lowest BCUT2D eigenvalue weighted by Crippen LogP contribution is -2.30. The molecule has 1 aliphatic heterocycles. The Morgan fingerprint density at radius 2 is 1.84 bits per heavy atom. The Labute approximate surface area is 223 Å². The highest BCUT2D eigenvalue weighted by Gasteiger charge is 2.29. The van der Waals surface area contributed by atoms with Gasteiger partial charge in [-0.3, -0.25) is 0 Å². The fraction of sp³-hybridized carbons (Fsp3) is 0.417. The van der Waals surface area contributed by atoms with Crippen molar-refractivity contribution in [2.75, 3.05) is 23.8 Å². The topological polar surface area (TPSA) is 129 Å². The molecule has 37 heavy (non-hydrogen) atoms. The zero-order valence-electron chi connectivity index (χ0n) is 19.9. The summed E-state index contributed by atoms with van der Waals surface area (Å²) in [5, 5.41) is 15.5. The summed E-state index contributed by atoms with van der Waals surface area (Å²) < 4.78 is 35.1. The molecule has 0 amide bonds. The number of hydrogen-bond acceptors (Lipinski definition) is 9.